The summed E-state index contributed by atoms with van der Waals surface area (Å²) in [7, 11) is 0. The summed E-state index contributed by atoms with van der Waals surface area (Å²) in [5.41, 5.74) is 4.26. The number of amides is 1. The van der Waals surface area contributed by atoms with Crippen molar-refractivity contribution in [1.82, 2.24) is 4.57 Å². The number of rotatable bonds is 6. The number of hydrogen-bond acceptors (Lipinski definition) is 3. The Balaban J connectivity index is 2.02. The molecule has 3 rings (SSSR count). The molecule has 0 radical (unpaired) electrons. The van der Waals surface area contributed by atoms with Gasteiger partial charge in [-0.25, -0.2) is 0 Å². The van der Waals surface area contributed by atoms with E-state index in [1.165, 1.54) is 6.07 Å². The molecule has 146 valence electrons. The highest BCUT2D eigenvalue weighted by Crippen LogP contribution is 2.23. The maximum atomic E-state index is 13.1. The van der Waals surface area contributed by atoms with Crippen molar-refractivity contribution in [3.63, 3.8) is 0 Å². The van der Waals surface area contributed by atoms with Gasteiger partial charge in [-0.1, -0.05) is 32.0 Å². The highest BCUT2D eigenvalue weighted by atomic mass is 16.3. The van der Waals surface area contributed by atoms with Crippen molar-refractivity contribution in [3.8, 4) is 0 Å². The number of nitrogens with one attached hydrogen (secondary N) is 1. The summed E-state index contributed by atoms with van der Waals surface area (Å²) < 4.78 is 7.37. The number of pyridine rings is 1. The minimum Gasteiger partial charge on any atom is -0.467 e. The van der Waals surface area contributed by atoms with Gasteiger partial charge in [0.25, 0.3) is 5.91 Å². The highest BCUT2D eigenvalue weighted by Gasteiger charge is 2.20. The lowest BCUT2D eigenvalue weighted by Crippen LogP contribution is -2.27. The summed E-state index contributed by atoms with van der Waals surface area (Å²) in [5.74, 6) is 0.400. The number of hydrogen-bond donors (Lipinski definition) is 1. The van der Waals surface area contributed by atoms with E-state index in [1.807, 2.05) is 41.8 Å². The van der Waals surface area contributed by atoms with Gasteiger partial charge in [-0.15, -0.1) is 0 Å². The van der Waals surface area contributed by atoms with Crippen LogP contribution in [0, 0.1) is 13.8 Å². The van der Waals surface area contributed by atoms with Crippen LogP contribution in [0.2, 0.25) is 0 Å². The molecule has 0 fully saturated rings. The van der Waals surface area contributed by atoms with Crippen LogP contribution in [0.3, 0.4) is 0 Å². The molecule has 3 aromatic rings. The molecule has 0 aliphatic carbocycles. The van der Waals surface area contributed by atoms with Crippen LogP contribution in [0.5, 0.6) is 0 Å². The number of carbonyl (C=O) groups excluding carboxylic acids is 1. The zero-order chi connectivity index (χ0) is 20.3. The van der Waals surface area contributed by atoms with E-state index in [0.29, 0.717) is 12.2 Å². The summed E-state index contributed by atoms with van der Waals surface area (Å²) in [6.07, 6.45) is 3.22. The second-order valence-electron chi connectivity index (χ2n) is 6.89. The first kappa shape index (κ1) is 19.7. The minimum absolute atomic E-state index is 0.171. The Kier molecular flexibility index (Phi) is 5.83. The monoisotopic (exact) mass is 378 g/mol. The van der Waals surface area contributed by atoms with Gasteiger partial charge in [-0.2, -0.15) is 0 Å². The predicted molar refractivity (Wildman–Crippen MR) is 111 cm³/mol. The maximum Gasteiger partial charge on any atom is 0.261 e. The number of furan rings is 1. The first-order valence-corrected chi connectivity index (χ1v) is 9.61. The fourth-order valence-electron chi connectivity index (χ4n) is 3.57. The van der Waals surface area contributed by atoms with Crippen molar-refractivity contribution in [2.75, 3.05) is 5.32 Å². The SMILES string of the molecule is CCc1cccc(CC)c1NC(=O)c1c(C)n(Cc2ccco2)c(C)cc1=O. The number of para-hydroxylation sites is 1. The van der Waals surface area contributed by atoms with Crippen LogP contribution in [0.25, 0.3) is 0 Å². The zero-order valence-electron chi connectivity index (χ0n) is 16.8. The molecule has 0 aliphatic rings. The van der Waals surface area contributed by atoms with E-state index in [9.17, 15) is 9.59 Å². The van der Waals surface area contributed by atoms with Gasteiger partial charge < -0.3 is 14.3 Å². The molecule has 0 spiro atoms. The van der Waals surface area contributed by atoms with Gasteiger partial charge in [0.1, 0.15) is 11.3 Å². The Hall–Kier alpha value is -3.08. The zero-order valence-corrected chi connectivity index (χ0v) is 16.8. The van der Waals surface area contributed by atoms with Crippen LogP contribution in [-0.4, -0.2) is 10.5 Å². The summed E-state index contributed by atoms with van der Waals surface area (Å²) >= 11 is 0. The number of nitrogens with zero attached hydrogens (tertiary/aromatic N) is 1. The number of aryl methyl sites for hydroxylation is 3. The minimum atomic E-state index is -0.369. The average molecular weight is 378 g/mol. The fraction of sp³-hybridized carbons (Fsp3) is 0.304. The number of anilines is 1. The first-order valence-electron chi connectivity index (χ1n) is 9.61. The van der Waals surface area contributed by atoms with Gasteiger partial charge in [0.15, 0.2) is 5.43 Å². The van der Waals surface area contributed by atoms with E-state index in [4.69, 9.17) is 4.42 Å². The molecule has 0 aliphatic heterocycles. The normalized spacial score (nSPS) is 10.9. The van der Waals surface area contributed by atoms with Crippen LogP contribution in [0.4, 0.5) is 5.69 Å². The first-order chi connectivity index (χ1) is 13.5. The molecule has 0 saturated heterocycles. The van der Waals surface area contributed by atoms with Gasteiger partial charge in [0, 0.05) is 23.1 Å². The van der Waals surface area contributed by atoms with Crippen LogP contribution in [0.15, 0.2) is 51.9 Å². The topological polar surface area (TPSA) is 64.2 Å². The van der Waals surface area contributed by atoms with Crippen molar-refractivity contribution in [2.45, 2.75) is 47.1 Å². The standard InChI is InChI=1S/C23H26N2O3/c1-5-17-9-7-10-18(6-2)22(17)24-23(27)21-16(4)25(15(3)13-20(21)26)14-19-11-8-12-28-19/h7-13H,5-6,14H2,1-4H3,(H,24,27). The molecular weight excluding hydrogens is 352 g/mol. The Morgan fingerprint density at radius 3 is 2.32 bits per heavy atom. The third-order valence-electron chi connectivity index (χ3n) is 5.14. The van der Waals surface area contributed by atoms with Gasteiger partial charge in [0.05, 0.1) is 12.8 Å². The van der Waals surface area contributed by atoms with Gasteiger partial charge in [0.2, 0.25) is 0 Å². The van der Waals surface area contributed by atoms with Crippen LogP contribution in [0.1, 0.15) is 52.5 Å². The molecule has 0 atom stereocenters. The molecule has 0 saturated carbocycles. The highest BCUT2D eigenvalue weighted by molar-refractivity contribution is 6.05. The van der Waals surface area contributed by atoms with E-state index in [0.717, 1.165) is 41.1 Å². The molecule has 0 unspecified atom stereocenters. The lowest BCUT2D eigenvalue weighted by atomic mass is 10.0. The van der Waals surface area contributed by atoms with E-state index in [-0.39, 0.29) is 16.9 Å². The summed E-state index contributed by atoms with van der Waals surface area (Å²) in [4.78, 5) is 25.8. The van der Waals surface area contributed by atoms with E-state index >= 15 is 0 Å². The van der Waals surface area contributed by atoms with Gasteiger partial charge in [-0.05, 0) is 49.9 Å². The lowest BCUT2D eigenvalue weighted by Gasteiger charge is -2.18. The summed E-state index contributed by atoms with van der Waals surface area (Å²) in [6.45, 7) is 8.24. The third kappa shape index (κ3) is 3.79. The average Bonchev–Trinajstić information content (AvgIpc) is 3.18. The predicted octanol–water partition coefficient (Wildman–Crippen LogP) is 4.48. The van der Waals surface area contributed by atoms with E-state index in [2.05, 4.69) is 19.2 Å². The summed E-state index contributed by atoms with van der Waals surface area (Å²) in [5, 5.41) is 3.01. The maximum absolute atomic E-state index is 13.1. The van der Waals surface area contributed by atoms with Crippen molar-refractivity contribution in [1.29, 1.82) is 0 Å². The Morgan fingerprint density at radius 2 is 1.75 bits per heavy atom. The number of carbonyl (C=O) groups is 1. The number of aromatic nitrogens is 1. The molecule has 0 bridgehead atoms. The Bertz CT molecular complexity index is 1020. The fourth-order valence-corrected chi connectivity index (χ4v) is 3.57. The van der Waals surface area contributed by atoms with Crippen molar-refractivity contribution in [3.05, 3.63) is 86.7 Å². The second kappa shape index (κ2) is 8.30. The van der Waals surface area contributed by atoms with Gasteiger partial charge in [-0.3, -0.25) is 9.59 Å². The summed E-state index contributed by atoms with van der Waals surface area (Å²) in [6, 6.07) is 11.2. The van der Waals surface area contributed by atoms with Crippen molar-refractivity contribution >= 4 is 11.6 Å². The second-order valence-corrected chi connectivity index (χ2v) is 6.89. The van der Waals surface area contributed by atoms with Crippen molar-refractivity contribution in [2.24, 2.45) is 0 Å². The number of benzene rings is 1. The van der Waals surface area contributed by atoms with Gasteiger partial charge >= 0.3 is 0 Å². The molecule has 2 aromatic heterocycles. The molecule has 28 heavy (non-hydrogen) atoms. The quantitative estimate of drug-likeness (QED) is 0.688. The Labute approximate surface area is 165 Å². The largest absolute Gasteiger partial charge is 0.467 e. The van der Waals surface area contributed by atoms with Crippen LogP contribution >= 0.6 is 0 Å². The molecule has 1 amide bonds. The van der Waals surface area contributed by atoms with Crippen LogP contribution in [-0.2, 0) is 19.4 Å². The van der Waals surface area contributed by atoms with Crippen LogP contribution < -0.4 is 10.7 Å². The lowest BCUT2D eigenvalue weighted by molar-refractivity contribution is 0.102. The molecule has 1 aromatic carbocycles. The molecule has 5 heteroatoms. The smallest absolute Gasteiger partial charge is 0.261 e. The third-order valence-corrected chi connectivity index (χ3v) is 5.14. The molecule has 1 N–H and O–H groups in total. The molecular formula is C23H26N2O3. The Morgan fingerprint density at radius 1 is 1.07 bits per heavy atom. The molecule has 2 heterocycles. The van der Waals surface area contributed by atoms with E-state index < -0.39 is 0 Å². The van der Waals surface area contributed by atoms with E-state index in [1.54, 1.807) is 13.2 Å². The molecule has 5 nitrogen and oxygen atoms in total. The van der Waals surface area contributed by atoms with Crippen molar-refractivity contribution < 1.29 is 9.21 Å².